The van der Waals surface area contributed by atoms with Crippen LogP contribution in [0.5, 0.6) is 0 Å². The van der Waals surface area contributed by atoms with E-state index in [1.165, 1.54) is 17.3 Å². The average molecular weight is 294 g/mol. The summed E-state index contributed by atoms with van der Waals surface area (Å²) in [6.45, 7) is 5.01. The molecular weight excluding hydrogens is 276 g/mol. The quantitative estimate of drug-likeness (QED) is 0.926. The molecule has 1 N–H and O–H groups in total. The first-order valence-corrected chi connectivity index (χ1v) is 8.36. The minimum Gasteiger partial charge on any atom is -0.325 e. The third kappa shape index (κ3) is 4.01. The van der Waals surface area contributed by atoms with E-state index in [1.807, 2.05) is 19.1 Å². The fraction of sp³-hybridized carbons (Fsp3) is 0.429. The van der Waals surface area contributed by atoms with Crippen molar-refractivity contribution >= 4 is 39.5 Å². The molecule has 0 bridgehead atoms. The minimum absolute atomic E-state index is 0.0456. The van der Waals surface area contributed by atoms with Crippen molar-refractivity contribution in [3.63, 3.8) is 0 Å². The number of thioether (sulfide) groups is 2. The molecule has 2 rings (SSSR count). The van der Waals surface area contributed by atoms with Gasteiger partial charge in [-0.25, -0.2) is 0 Å². The van der Waals surface area contributed by atoms with Crippen molar-refractivity contribution in [3.8, 4) is 0 Å². The second-order valence-corrected chi connectivity index (χ2v) is 6.60. The fourth-order valence-corrected chi connectivity index (χ4v) is 3.72. The molecule has 0 aromatic heterocycles. The first kappa shape index (κ1) is 14.5. The molecule has 0 saturated carbocycles. The Morgan fingerprint density at radius 1 is 1.53 bits per heavy atom. The summed E-state index contributed by atoms with van der Waals surface area (Å²) < 4.78 is 1.04. The third-order valence-electron chi connectivity index (χ3n) is 2.89. The molecule has 1 aromatic rings. The molecule has 0 saturated heterocycles. The molecule has 1 aliphatic rings. The van der Waals surface area contributed by atoms with Crippen molar-refractivity contribution in [2.75, 3.05) is 23.4 Å². The number of nitrogens with one attached hydrogen (secondary N) is 1. The smallest absolute Gasteiger partial charge is 0.234 e. The van der Waals surface area contributed by atoms with Gasteiger partial charge in [0, 0.05) is 11.4 Å². The van der Waals surface area contributed by atoms with Crippen LogP contribution < -0.4 is 5.32 Å². The predicted octanol–water partition coefficient (Wildman–Crippen LogP) is 3.33. The zero-order valence-electron chi connectivity index (χ0n) is 11.2. The molecule has 3 nitrogen and oxygen atoms in total. The Labute approximate surface area is 122 Å². The highest BCUT2D eigenvalue weighted by atomic mass is 32.2. The van der Waals surface area contributed by atoms with E-state index in [9.17, 15) is 4.79 Å². The summed E-state index contributed by atoms with van der Waals surface area (Å²) >= 11 is 3.27. The highest BCUT2D eigenvalue weighted by Crippen LogP contribution is 2.24. The van der Waals surface area contributed by atoms with Crippen molar-refractivity contribution in [1.29, 1.82) is 0 Å². The number of benzene rings is 1. The van der Waals surface area contributed by atoms with Crippen LogP contribution in [0.3, 0.4) is 0 Å². The van der Waals surface area contributed by atoms with E-state index in [1.54, 1.807) is 11.8 Å². The van der Waals surface area contributed by atoms with Gasteiger partial charge in [-0.1, -0.05) is 48.6 Å². The van der Waals surface area contributed by atoms with Gasteiger partial charge >= 0.3 is 0 Å². The average Bonchev–Trinajstić information content (AvgIpc) is 2.92. The van der Waals surface area contributed by atoms with Crippen LogP contribution in [0, 0.1) is 6.92 Å². The second kappa shape index (κ2) is 7.01. The standard InChI is InChI=1S/C14H18N2OS2/c1-3-11-6-4-5-10(2)13(11)16-12(17)9-19-14-15-7-8-18-14/h4-6H,3,7-9H2,1-2H3,(H,16,17). The maximum atomic E-state index is 12.0. The van der Waals surface area contributed by atoms with Crippen molar-refractivity contribution in [2.45, 2.75) is 20.3 Å². The van der Waals surface area contributed by atoms with Crippen molar-refractivity contribution in [3.05, 3.63) is 29.3 Å². The van der Waals surface area contributed by atoms with Gasteiger partial charge in [0.1, 0.15) is 4.38 Å². The van der Waals surface area contributed by atoms with Gasteiger partial charge in [-0.3, -0.25) is 9.79 Å². The Bertz CT molecular complexity index is 500. The summed E-state index contributed by atoms with van der Waals surface area (Å²) in [5, 5.41) is 3.03. The normalized spacial score (nSPS) is 14.3. The summed E-state index contributed by atoms with van der Waals surface area (Å²) in [7, 11) is 0. The van der Waals surface area contributed by atoms with Gasteiger partial charge in [-0.05, 0) is 24.5 Å². The van der Waals surface area contributed by atoms with E-state index < -0.39 is 0 Å². The van der Waals surface area contributed by atoms with Crippen LogP contribution >= 0.6 is 23.5 Å². The topological polar surface area (TPSA) is 41.5 Å². The number of aliphatic imine (C=N–C) groups is 1. The summed E-state index contributed by atoms with van der Waals surface area (Å²) in [6, 6.07) is 6.12. The molecule has 0 radical (unpaired) electrons. The van der Waals surface area contributed by atoms with Gasteiger partial charge in [0.2, 0.25) is 5.91 Å². The Balaban J connectivity index is 1.94. The number of amides is 1. The van der Waals surface area contributed by atoms with Crippen molar-refractivity contribution in [2.24, 2.45) is 4.99 Å². The third-order valence-corrected chi connectivity index (χ3v) is 5.14. The number of hydrogen-bond acceptors (Lipinski definition) is 4. The summed E-state index contributed by atoms with van der Waals surface area (Å²) in [5.74, 6) is 1.52. The zero-order valence-corrected chi connectivity index (χ0v) is 12.9. The number of carbonyl (C=O) groups excluding carboxylic acids is 1. The Morgan fingerprint density at radius 3 is 3.05 bits per heavy atom. The molecule has 0 fully saturated rings. The highest BCUT2D eigenvalue weighted by molar-refractivity contribution is 8.39. The lowest BCUT2D eigenvalue weighted by atomic mass is 10.1. The first-order chi connectivity index (χ1) is 9.20. The number of anilines is 1. The van der Waals surface area contributed by atoms with Crippen molar-refractivity contribution in [1.82, 2.24) is 0 Å². The number of para-hydroxylation sites is 1. The number of hydrogen-bond donors (Lipinski definition) is 1. The minimum atomic E-state index is 0.0456. The summed E-state index contributed by atoms with van der Waals surface area (Å²) in [6.07, 6.45) is 0.924. The van der Waals surface area contributed by atoms with E-state index in [-0.39, 0.29) is 5.91 Å². The van der Waals surface area contributed by atoms with E-state index in [0.29, 0.717) is 5.75 Å². The molecule has 102 valence electrons. The predicted molar refractivity (Wildman–Crippen MR) is 86.4 cm³/mol. The lowest BCUT2D eigenvalue weighted by Gasteiger charge is -2.12. The zero-order chi connectivity index (χ0) is 13.7. The molecule has 1 aliphatic heterocycles. The fourth-order valence-electron chi connectivity index (χ4n) is 1.91. The van der Waals surface area contributed by atoms with Gasteiger partial charge in [0.15, 0.2) is 0 Å². The molecule has 0 atom stereocenters. The first-order valence-electron chi connectivity index (χ1n) is 6.39. The molecule has 1 aromatic carbocycles. The van der Waals surface area contributed by atoms with Crippen LogP contribution in [0.1, 0.15) is 18.1 Å². The van der Waals surface area contributed by atoms with Gasteiger partial charge in [-0.2, -0.15) is 0 Å². The second-order valence-electron chi connectivity index (χ2n) is 4.30. The molecule has 0 aliphatic carbocycles. The van der Waals surface area contributed by atoms with Gasteiger partial charge in [0.25, 0.3) is 0 Å². The van der Waals surface area contributed by atoms with Crippen molar-refractivity contribution < 1.29 is 4.79 Å². The van der Waals surface area contributed by atoms with E-state index in [2.05, 4.69) is 23.3 Å². The molecular formula is C14H18N2OS2. The number of nitrogens with zero attached hydrogens (tertiary/aromatic N) is 1. The molecule has 1 amide bonds. The Morgan fingerprint density at radius 2 is 2.37 bits per heavy atom. The largest absolute Gasteiger partial charge is 0.325 e. The lowest BCUT2D eigenvalue weighted by Crippen LogP contribution is -2.16. The summed E-state index contributed by atoms with van der Waals surface area (Å²) in [4.78, 5) is 16.3. The van der Waals surface area contributed by atoms with Gasteiger partial charge < -0.3 is 5.32 Å². The SMILES string of the molecule is CCc1cccc(C)c1NC(=O)CSC1=NCCS1. The molecule has 0 unspecified atom stereocenters. The molecule has 1 heterocycles. The lowest BCUT2D eigenvalue weighted by molar-refractivity contribution is -0.113. The van der Waals surface area contributed by atoms with E-state index >= 15 is 0 Å². The number of aryl methyl sites for hydroxylation is 2. The Kier molecular flexibility index (Phi) is 5.34. The van der Waals surface area contributed by atoms with Crippen LogP contribution in [0.4, 0.5) is 5.69 Å². The van der Waals surface area contributed by atoms with Crippen LogP contribution in [-0.2, 0) is 11.2 Å². The number of carbonyl (C=O) groups is 1. The maximum absolute atomic E-state index is 12.0. The van der Waals surface area contributed by atoms with Crippen LogP contribution in [0.25, 0.3) is 0 Å². The van der Waals surface area contributed by atoms with Crippen LogP contribution in [0.2, 0.25) is 0 Å². The van der Waals surface area contributed by atoms with E-state index in [0.717, 1.165) is 34.3 Å². The molecule has 19 heavy (non-hydrogen) atoms. The maximum Gasteiger partial charge on any atom is 0.234 e. The highest BCUT2D eigenvalue weighted by Gasteiger charge is 2.12. The van der Waals surface area contributed by atoms with Crippen LogP contribution in [0.15, 0.2) is 23.2 Å². The van der Waals surface area contributed by atoms with Crippen LogP contribution in [-0.4, -0.2) is 28.3 Å². The van der Waals surface area contributed by atoms with Gasteiger partial charge in [0.05, 0.1) is 12.3 Å². The monoisotopic (exact) mass is 294 g/mol. The van der Waals surface area contributed by atoms with E-state index in [4.69, 9.17) is 0 Å². The molecule has 5 heteroatoms. The Hall–Kier alpha value is -0.940. The molecule has 0 spiro atoms. The summed E-state index contributed by atoms with van der Waals surface area (Å²) in [5.41, 5.74) is 3.27. The number of rotatable bonds is 4. The van der Waals surface area contributed by atoms with Gasteiger partial charge in [-0.15, -0.1) is 0 Å².